The highest BCUT2D eigenvalue weighted by atomic mass is 16.5. The Bertz CT molecular complexity index is 448. The van der Waals surface area contributed by atoms with E-state index in [4.69, 9.17) is 4.74 Å². The summed E-state index contributed by atoms with van der Waals surface area (Å²) in [4.78, 5) is 0. The van der Waals surface area contributed by atoms with Gasteiger partial charge in [0.15, 0.2) is 0 Å². The summed E-state index contributed by atoms with van der Waals surface area (Å²) < 4.78 is 5.69. The first kappa shape index (κ1) is 8.74. The summed E-state index contributed by atoms with van der Waals surface area (Å²) in [6.45, 7) is 2.58. The van der Waals surface area contributed by atoms with Gasteiger partial charge in [-0.25, -0.2) is 0 Å². The zero-order chi connectivity index (χ0) is 10.1. The molecule has 2 aromatic carbocycles. The Morgan fingerprint density at radius 1 is 1.07 bits per heavy atom. The summed E-state index contributed by atoms with van der Waals surface area (Å²) >= 11 is 0. The maximum Gasteiger partial charge on any atom is 0.124 e. The molecule has 0 saturated heterocycles. The molecule has 1 heterocycles. The predicted molar refractivity (Wildman–Crippen MR) is 61.1 cm³/mol. The summed E-state index contributed by atoms with van der Waals surface area (Å²) in [7, 11) is 0. The smallest absolute Gasteiger partial charge is 0.124 e. The molecule has 0 fully saturated rings. The highest BCUT2D eigenvalue weighted by Crippen LogP contribution is 2.26. The van der Waals surface area contributed by atoms with E-state index in [1.54, 1.807) is 0 Å². The Hall–Kier alpha value is -1.54. The first-order valence-corrected chi connectivity index (χ1v) is 5.29. The van der Waals surface area contributed by atoms with E-state index in [0.717, 1.165) is 25.4 Å². The van der Waals surface area contributed by atoms with E-state index in [2.05, 4.69) is 41.7 Å². The number of nitrogens with one attached hydrogen (secondary N) is 1. The van der Waals surface area contributed by atoms with Crippen LogP contribution in [0.5, 0.6) is 5.75 Å². The number of hydrogen-bond donors (Lipinski definition) is 1. The molecule has 0 amide bonds. The van der Waals surface area contributed by atoms with Crippen LogP contribution in [-0.4, -0.2) is 13.2 Å². The maximum atomic E-state index is 5.69. The van der Waals surface area contributed by atoms with Crippen LogP contribution in [0.1, 0.15) is 5.56 Å². The molecular weight excluding hydrogens is 186 g/mol. The molecule has 0 atom stereocenters. The number of benzene rings is 2. The molecule has 3 rings (SSSR count). The van der Waals surface area contributed by atoms with E-state index in [-0.39, 0.29) is 0 Å². The lowest BCUT2D eigenvalue weighted by Gasteiger charge is -2.08. The molecule has 1 aliphatic rings. The van der Waals surface area contributed by atoms with Gasteiger partial charge in [0, 0.05) is 18.7 Å². The Labute approximate surface area is 88.9 Å². The van der Waals surface area contributed by atoms with Gasteiger partial charge in [-0.1, -0.05) is 24.3 Å². The molecule has 0 spiro atoms. The first-order chi connectivity index (χ1) is 7.43. The Kier molecular flexibility index (Phi) is 2.07. The monoisotopic (exact) mass is 199 g/mol. The van der Waals surface area contributed by atoms with E-state index in [1.807, 2.05) is 0 Å². The van der Waals surface area contributed by atoms with Crippen molar-refractivity contribution in [3.05, 3.63) is 42.0 Å². The standard InChI is InChI=1S/C13H13NO/c1-2-4-11-8-13-12(7-10(11)3-1)9-14-5-6-15-13/h1-4,7-8,14H,5-6,9H2. The van der Waals surface area contributed by atoms with Crippen molar-refractivity contribution in [1.29, 1.82) is 0 Å². The van der Waals surface area contributed by atoms with Gasteiger partial charge < -0.3 is 10.1 Å². The molecule has 2 heteroatoms. The van der Waals surface area contributed by atoms with Crippen molar-refractivity contribution in [3.8, 4) is 5.75 Å². The van der Waals surface area contributed by atoms with Crippen molar-refractivity contribution in [1.82, 2.24) is 5.32 Å². The molecule has 0 aromatic heterocycles. The van der Waals surface area contributed by atoms with Crippen LogP contribution in [0, 0.1) is 0 Å². The van der Waals surface area contributed by atoms with Crippen LogP contribution in [0.3, 0.4) is 0 Å². The summed E-state index contributed by atoms with van der Waals surface area (Å²) in [5.74, 6) is 1.03. The van der Waals surface area contributed by atoms with Crippen LogP contribution in [-0.2, 0) is 6.54 Å². The quantitative estimate of drug-likeness (QED) is 0.703. The molecule has 0 aliphatic carbocycles. The van der Waals surface area contributed by atoms with Crippen LogP contribution >= 0.6 is 0 Å². The summed E-state index contributed by atoms with van der Waals surface area (Å²) in [6.07, 6.45) is 0. The van der Waals surface area contributed by atoms with Crippen molar-refractivity contribution >= 4 is 10.8 Å². The zero-order valence-electron chi connectivity index (χ0n) is 8.49. The second kappa shape index (κ2) is 3.55. The van der Waals surface area contributed by atoms with E-state index in [1.165, 1.54) is 16.3 Å². The average molecular weight is 199 g/mol. The summed E-state index contributed by atoms with van der Waals surface area (Å²) in [5, 5.41) is 5.87. The molecule has 0 saturated carbocycles. The SMILES string of the molecule is c1ccc2cc3c(cc2c1)CNCCO3. The van der Waals surface area contributed by atoms with Gasteiger partial charge in [0.05, 0.1) is 0 Å². The molecule has 2 aromatic rings. The van der Waals surface area contributed by atoms with Crippen molar-refractivity contribution in [3.63, 3.8) is 0 Å². The first-order valence-electron chi connectivity index (χ1n) is 5.29. The maximum absolute atomic E-state index is 5.69. The number of rotatable bonds is 0. The normalized spacial score (nSPS) is 15.5. The van der Waals surface area contributed by atoms with Gasteiger partial charge >= 0.3 is 0 Å². The fraction of sp³-hybridized carbons (Fsp3) is 0.231. The fourth-order valence-corrected chi connectivity index (χ4v) is 2.00. The van der Waals surface area contributed by atoms with Crippen molar-refractivity contribution in [2.24, 2.45) is 0 Å². The molecule has 76 valence electrons. The minimum absolute atomic E-state index is 0.755. The van der Waals surface area contributed by atoms with Crippen LogP contribution in [0.15, 0.2) is 36.4 Å². The summed E-state index contributed by atoms with van der Waals surface area (Å²) in [5.41, 5.74) is 1.26. The minimum atomic E-state index is 0.755. The van der Waals surface area contributed by atoms with Crippen molar-refractivity contribution in [2.45, 2.75) is 6.54 Å². The van der Waals surface area contributed by atoms with E-state index in [9.17, 15) is 0 Å². The van der Waals surface area contributed by atoms with Crippen molar-refractivity contribution in [2.75, 3.05) is 13.2 Å². The molecular formula is C13H13NO. The second-order valence-corrected chi connectivity index (χ2v) is 3.83. The second-order valence-electron chi connectivity index (χ2n) is 3.83. The van der Waals surface area contributed by atoms with Gasteiger partial charge in [-0.15, -0.1) is 0 Å². The number of hydrogen-bond acceptors (Lipinski definition) is 2. The largest absolute Gasteiger partial charge is 0.492 e. The van der Waals surface area contributed by atoms with Gasteiger partial charge in [0.2, 0.25) is 0 Å². The van der Waals surface area contributed by atoms with Crippen LogP contribution < -0.4 is 10.1 Å². The lowest BCUT2D eigenvalue weighted by Crippen LogP contribution is -2.16. The lowest BCUT2D eigenvalue weighted by atomic mass is 10.1. The lowest BCUT2D eigenvalue weighted by molar-refractivity contribution is 0.326. The molecule has 0 radical (unpaired) electrons. The number of ether oxygens (including phenoxy) is 1. The van der Waals surface area contributed by atoms with Gasteiger partial charge in [-0.2, -0.15) is 0 Å². The fourth-order valence-electron chi connectivity index (χ4n) is 2.00. The molecule has 1 aliphatic heterocycles. The minimum Gasteiger partial charge on any atom is -0.492 e. The third kappa shape index (κ3) is 1.57. The molecule has 1 N–H and O–H groups in total. The predicted octanol–water partition coefficient (Wildman–Crippen LogP) is 2.32. The van der Waals surface area contributed by atoms with Crippen LogP contribution in [0.2, 0.25) is 0 Å². The molecule has 15 heavy (non-hydrogen) atoms. The van der Waals surface area contributed by atoms with E-state index >= 15 is 0 Å². The van der Waals surface area contributed by atoms with Gasteiger partial charge in [-0.3, -0.25) is 0 Å². The number of fused-ring (bicyclic) bond motifs is 2. The third-order valence-corrected chi connectivity index (χ3v) is 2.78. The molecule has 0 unspecified atom stereocenters. The third-order valence-electron chi connectivity index (χ3n) is 2.78. The Morgan fingerprint density at radius 2 is 1.87 bits per heavy atom. The molecule has 2 nitrogen and oxygen atoms in total. The van der Waals surface area contributed by atoms with Gasteiger partial charge in [-0.05, 0) is 22.9 Å². The topological polar surface area (TPSA) is 21.3 Å². The van der Waals surface area contributed by atoms with E-state index < -0.39 is 0 Å². The van der Waals surface area contributed by atoms with E-state index in [0.29, 0.717) is 0 Å². The van der Waals surface area contributed by atoms with Gasteiger partial charge in [0.1, 0.15) is 12.4 Å². The molecule has 0 bridgehead atoms. The highest BCUT2D eigenvalue weighted by Gasteiger charge is 2.08. The zero-order valence-corrected chi connectivity index (χ0v) is 8.49. The van der Waals surface area contributed by atoms with Gasteiger partial charge in [0.25, 0.3) is 0 Å². The summed E-state index contributed by atoms with van der Waals surface area (Å²) in [6, 6.07) is 12.7. The Balaban J connectivity index is 2.20. The van der Waals surface area contributed by atoms with Crippen LogP contribution in [0.4, 0.5) is 0 Å². The Morgan fingerprint density at radius 3 is 2.73 bits per heavy atom. The van der Waals surface area contributed by atoms with Crippen molar-refractivity contribution < 1.29 is 4.74 Å². The highest BCUT2D eigenvalue weighted by molar-refractivity contribution is 5.85. The average Bonchev–Trinajstić information content (AvgIpc) is 2.50. The van der Waals surface area contributed by atoms with Crippen LogP contribution in [0.25, 0.3) is 10.8 Å².